The molecule has 13 heavy (non-hydrogen) atoms. The molecular weight excluding hydrogens is 162 g/mol. The minimum absolute atomic E-state index is 0.256. The highest BCUT2D eigenvalue weighted by molar-refractivity contribution is 5.79. The molecule has 0 aromatic heterocycles. The molecule has 1 unspecified atom stereocenters. The molecule has 0 saturated carbocycles. The SMILES string of the molecule is C1=CC2N=CC=C2C2=C1NCCN2. The third kappa shape index (κ3) is 0.932. The first kappa shape index (κ1) is 6.95. The molecule has 0 saturated heterocycles. The van der Waals surface area contributed by atoms with Gasteiger partial charge < -0.3 is 10.6 Å². The zero-order valence-electron chi connectivity index (χ0n) is 7.25. The number of nitrogens with one attached hydrogen (secondary N) is 2. The van der Waals surface area contributed by atoms with Crippen LogP contribution in [0.15, 0.2) is 40.2 Å². The van der Waals surface area contributed by atoms with Gasteiger partial charge in [-0.15, -0.1) is 0 Å². The topological polar surface area (TPSA) is 36.4 Å². The van der Waals surface area contributed by atoms with Crippen LogP contribution in [0, 0.1) is 0 Å². The van der Waals surface area contributed by atoms with Gasteiger partial charge in [-0.2, -0.15) is 0 Å². The summed E-state index contributed by atoms with van der Waals surface area (Å²) >= 11 is 0. The number of rotatable bonds is 0. The third-order valence-corrected chi connectivity index (χ3v) is 2.56. The quantitative estimate of drug-likeness (QED) is 0.554. The van der Waals surface area contributed by atoms with Crippen LogP contribution in [-0.4, -0.2) is 25.3 Å². The summed E-state index contributed by atoms with van der Waals surface area (Å²) in [6, 6.07) is 0.256. The standard InChI is InChI=1S/C10H11N3/c1-2-9-10(13-6-5-12-9)7-3-4-11-8(1)7/h1-4,8,12-13H,5-6H2. The smallest absolute Gasteiger partial charge is 0.0955 e. The van der Waals surface area contributed by atoms with Crippen LogP contribution in [0.1, 0.15) is 0 Å². The highest BCUT2D eigenvalue weighted by atomic mass is 15.0. The Morgan fingerprint density at radius 1 is 1.31 bits per heavy atom. The lowest BCUT2D eigenvalue weighted by Gasteiger charge is -2.27. The van der Waals surface area contributed by atoms with Crippen LogP contribution in [-0.2, 0) is 0 Å². The Morgan fingerprint density at radius 2 is 2.23 bits per heavy atom. The van der Waals surface area contributed by atoms with E-state index in [1.807, 2.05) is 6.21 Å². The van der Waals surface area contributed by atoms with Crippen molar-refractivity contribution in [2.75, 3.05) is 13.1 Å². The van der Waals surface area contributed by atoms with Crippen molar-refractivity contribution in [3.63, 3.8) is 0 Å². The van der Waals surface area contributed by atoms with Gasteiger partial charge in [-0.25, -0.2) is 0 Å². The Balaban J connectivity index is 2.07. The fourth-order valence-corrected chi connectivity index (χ4v) is 1.93. The van der Waals surface area contributed by atoms with Crippen LogP contribution >= 0.6 is 0 Å². The van der Waals surface area contributed by atoms with Crippen LogP contribution in [0.5, 0.6) is 0 Å². The first-order chi connectivity index (χ1) is 6.45. The van der Waals surface area contributed by atoms with Gasteiger partial charge >= 0.3 is 0 Å². The summed E-state index contributed by atoms with van der Waals surface area (Å²) in [4.78, 5) is 4.34. The largest absolute Gasteiger partial charge is 0.382 e. The monoisotopic (exact) mass is 173 g/mol. The second kappa shape index (κ2) is 2.49. The lowest BCUT2D eigenvalue weighted by Crippen LogP contribution is -2.38. The van der Waals surface area contributed by atoms with Gasteiger partial charge in [-0.3, -0.25) is 4.99 Å². The summed E-state index contributed by atoms with van der Waals surface area (Å²) in [5.74, 6) is 0. The second-order valence-corrected chi connectivity index (χ2v) is 3.37. The van der Waals surface area contributed by atoms with Gasteiger partial charge in [0.25, 0.3) is 0 Å². The molecule has 66 valence electrons. The molecule has 0 radical (unpaired) electrons. The van der Waals surface area contributed by atoms with Gasteiger partial charge in [0.1, 0.15) is 0 Å². The second-order valence-electron chi connectivity index (χ2n) is 3.37. The van der Waals surface area contributed by atoms with Crippen molar-refractivity contribution in [3.05, 3.63) is 35.2 Å². The molecule has 0 bridgehead atoms. The van der Waals surface area contributed by atoms with Gasteiger partial charge in [0.2, 0.25) is 0 Å². The van der Waals surface area contributed by atoms with Crippen LogP contribution in [0.2, 0.25) is 0 Å². The predicted octanol–water partition coefficient (Wildman–Crippen LogP) is 0.340. The Kier molecular flexibility index (Phi) is 1.33. The van der Waals surface area contributed by atoms with Crippen molar-refractivity contribution >= 4 is 6.21 Å². The van der Waals surface area contributed by atoms with Crippen LogP contribution in [0.4, 0.5) is 0 Å². The minimum Gasteiger partial charge on any atom is -0.382 e. The number of allylic oxidation sites excluding steroid dienone is 2. The molecule has 0 aromatic carbocycles. The van der Waals surface area contributed by atoms with Crippen LogP contribution in [0.25, 0.3) is 0 Å². The van der Waals surface area contributed by atoms with E-state index in [2.05, 4.69) is 33.9 Å². The zero-order valence-corrected chi connectivity index (χ0v) is 7.25. The summed E-state index contributed by atoms with van der Waals surface area (Å²) < 4.78 is 0. The number of fused-ring (bicyclic) bond motifs is 2. The lowest BCUT2D eigenvalue weighted by molar-refractivity contribution is 0.654. The van der Waals surface area contributed by atoms with Crippen molar-refractivity contribution in [1.82, 2.24) is 10.6 Å². The maximum absolute atomic E-state index is 4.34. The Labute approximate surface area is 76.9 Å². The maximum Gasteiger partial charge on any atom is 0.0955 e. The number of aliphatic imine (C=N–C) groups is 1. The molecule has 0 fully saturated rings. The molecule has 3 rings (SSSR count). The zero-order chi connectivity index (χ0) is 8.67. The highest BCUT2D eigenvalue weighted by Gasteiger charge is 2.24. The molecule has 3 aliphatic rings. The summed E-state index contributed by atoms with van der Waals surface area (Å²) in [6.07, 6.45) is 8.22. The molecular formula is C10H11N3. The van der Waals surface area contributed by atoms with E-state index in [0.29, 0.717) is 0 Å². The Bertz CT molecular complexity index is 360. The summed E-state index contributed by atoms with van der Waals surface area (Å²) in [5.41, 5.74) is 3.74. The number of hydrogen-bond donors (Lipinski definition) is 2. The first-order valence-corrected chi connectivity index (χ1v) is 4.59. The van der Waals surface area contributed by atoms with E-state index in [0.717, 1.165) is 13.1 Å². The maximum atomic E-state index is 4.34. The molecule has 1 atom stereocenters. The molecule has 3 nitrogen and oxygen atoms in total. The fraction of sp³-hybridized carbons (Fsp3) is 0.300. The lowest BCUT2D eigenvalue weighted by atomic mass is 9.97. The molecule has 2 N–H and O–H groups in total. The fourth-order valence-electron chi connectivity index (χ4n) is 1.93. The molecule has 2 heterocycles. The molecule has 0 spiro atoms. The summed E-state index contributed by atoms with van der Waals surface area (Å²) in [5, 5.41) is 6.78. The van der Waals surface area contributed by atoms with E-state index in [1.165, 1.54) is 17.0 Å². The Morgan fingerprint density at radius 3 is 3.23 bits per heavy atom. The van der Waals surface area contributed by atoms with E-state index >= 15 is 0 Å². The third-order valence-electron chi connectivity index (χ3n) is 2.56. The molecule has 2 aliphatic heterocycles. The van der Waals surface area contributed by atoms with Gasteiger partial charge in [0, 0.05) is 24.9 Å². The molecule has 0 amide bonds. The average Bonchev–Trinajstić information content (AvgIpc) is 2.65. The van der Waals surface area contributed by atoms with Gasteiger partial charge in [-0.05, 0) is 12.2 Å². The Hall–Kier alpha value is -1.51. The predicted molar refractivity (Wildman–Crippen MR) is 52.5 cm³/mol. The number of hydrogen-bond acceptors (Lipinski definition) is 3. The van der Waals surface area contributed by atoms with E-state index in [-0.39, 0.29) is 6.04 Å². The van der Waals surface area contributed by atoms with E-state index < -0.39 is 0 Å². The average molecular weight is 173 g/mol. The normalized spacial score (nSPS) is 28.9. The number of nitrogens with zero attached hydrogens (tertiary/aromatic N) is 1. The minimum atomic E-state index is 0.256. The van der Waals surface area contributed by atoms with Crippen LogP contribution in [0.3, 0.4) is 0 Å². The summed E-state index contributed by atoms with van der Waals surface area (Å²) in [6.45, 7) is 2.00. The molecule has 0 aromatic rings. The van der Waals surface area contributed by atoms with Gasteiger partial charge in [0.05, 0.1) is 17.4 Å². The first-order valence-electron chi connectivity index (χ1n) is 4.59. The summed E-state index contributed by atoms with van der Waals surface area (Å²) in [7, 11) is 0. The van der Waals surface area contributed by atoms with E-state index in [1.54, 1.807) is 0 Å². The van der Waals surface area contributed by atoms with Crippen molar-refractivity contribution in [2.24, 2.45) is 4.99 Å². The molecule has 1 aliphatic carbocycles. The van der Waals surface area contributed by atoms with Crippen molar-refractivity contribution in [3.8, 4) is 0 Å². The van der Waals surface area contributed by atoms with Crippen LogP contribution < -0.4 is 10.6 Å². The van der Waals surface area contributed by atoms with Crippen molar-refractivity contribution < 1.29 is 0 Å². The van der Waals surface area contributed by atoms with Gasteiger partial charge in [0.15, 0.2) is 0 Å². The van der Waals surface area contributed by atoms with Crippen molar-refractivity contribution in [1.29, 1.82) is 0 Å². The van der Waals surface area contributed by atoms with Gasteiger partial charge in [-0.1, -0.05) is 6.08 Å². The van der Waals surface area contributed by atoms with E-state index in [4.69, 9.17) is 0 Å². The van der Waals surface area contributed by atoms with E-state index in [9.17, 15) is 0 Å². The molecule has 3 heteroatoms. The highest BCUT2D eigenvalue weighted by Crippen LogP contribution is 2.27. The van der Waals surface area contributed by atoms with Crippen molar-refractivity contribution in [2.45, 2.75) is 6.04 Å².